The van der Waals surface area contributed by atoms with E-state index >= 15 is 0 Å². The molecular weight excluding hydrogens is 256 g/mol. The van der Waals surface area contributed by atoms with Crippen molar-refractivity contribution in [2.45, 2.75) is 17.2 Å². The van der Waals surface area contributed by atoms with Crippen molar-refractivity contribution in [3.05, 3.63) is 16.0 Å². The van der Waals surface area contributed by atoms with Crippen molar-refractivity contribution >= 4 is 33.0 Å². The minimum absolute atomic E-state index is 0.0312. The Bertz CT molecular complexity index is 457. The molecule has 4 nitrogen and oxygen atoms in total. The van der Waals surface area contributed by atoms with Gasteiger partial charge in [-0.3, -0.25) is 0 Å². The van der Waals surface area contributed by atoms with Crippen LogP contribution in [0.3, 0.4) is 0 Å². The number of hydrogen-bond donors (Lipinski definition) is 1. The van der Waals surface area contributed by atoms with Gasteiger partial charge in [0, 0.05) is 19.1 Å². The van der Waals surface area contributed by atoms with Gasteiger partial charge in [0.25, 0.3) is 10.0 Å². The molecule has 1 saturated heterocycles. The van der Waals surface area contributed by atoms with Gasteiger partial charge in [-0.05, 0) is 18.6 Å². The van der Waals surface area contributed by atoms with Crippen LogP contribution in [0.25, 0.3) is 0 Å². The lowest BCUT2D eigenvalue weighted by Gasteiger charge is -2.34. The van der Waals surface area contributed by atoms with Crippen LogP contribution in [0.5, 0.6) is 0 Å². The second-order valence-corrected chi connectivity index (χ2v) is 7.42. The summed E-state index contributed by atoms with van der Waals surface area (Å²) in [7, 11) is -3.35. The molecule has 1 aliphatic rings. The van der Waals surface area contributed by atoms with Gasteiger partial charge in [0.1, 0.15) is 4.21 Å². The fourth-order valence-electron chi connectivity index (χ4n) is 1.35. The van der Waals surface area contributed by atoms with Crippen LogP contribution in [0.2, 0.25) is 4.34 Å². The highest BCUT2D eigenvalue weighted by Gasteiger charge is 2.35. The topological polar surface area (TPSA) is 63.4 Å². The first-order chi connectivity index (χ1) is 6.91. The van der Waals surface area contributed by atoms with Crippen molar-refractivity contribution in [3.63, 3.8) is 0 Å². The van der Waals surface area contributed by atoms with Gasteiger partial charge in [0.2, 0.25) is 0 Å². The van der Waals surface area contributed by atoms with Crippen molar-refractivity contribution < 1.29 is 8.42 Å². The van der Waals surface area contributed by atoms with Crippen molar-refractivity contribution in [2.24, 2.45) is 5.73 Å². The highest BCUT2D eigenvalue weighted by Crippen LogP contribution is 2.33. The number of sulfonamides is 1. The van der Waals surface area contributed by atoms with Gasteiger partial charge in [-0.15, -0.1) is 11.3 Å². The monoisotopic (exact) mass is 266 g/mol. The van der Waals surface area contributed by atoms with E-state index in [1.165, 1.54) is 4.31 Å². The van der Waals surface area contributed by atoms with Crippen molar-refractivity contribution in [2.75, 3.05) is 13.1 Å². The largest absolute Gasteiger partial charge is 0.325 e. The molecule has 2 heterocycles. The van der Waals surface area contributed by atoms with E-state index < -0.39 is 10.0 Å². The van der Waals surface area contributed by atoms with E-state index in [1.54, 1.807) is 13.0 Å². The Hall–Kier alpha value is -0.140. The van der Waals surface area contributed by atoms with Crippen LogP contribution < -0.4 is 5.73 Å². The summed E-state index contributed by atoms with van der Waals surface area (Å²) >= 11 is 6.94. The molecule has 1 aliphatic heterocycles. The number of nitrogens with two attached hydrogens (primary N) is 1. The molecule has 2 rings (SSSR count). The average Bonchev–Trinajstić information content (AvgIpc) is 2.42. The Balaban J connectivity index is 2.30. The average molecular weight is 267 g/mol. The molecule has 0 amide bonds. The zero-order valence-electron chi connectivity index (χ0n) is 8.10. The van der Waals surface area contributed by atoms with E-state index in [0.29, 0.717) is 21.6 Å². The number of aryl methyl sites for hydroxylation is 1. The molecule has 0 atom stereocenters. The molecule has 0 aromatic carbocycles. The second kappa shape index (κ2) is 3.71. The van der Waals surface area contributed by atoms with Crippen molar-refractivity contribution in [1.29, 1.82) is 0 Å². The summed E-state index contributed by atoms with van der Waals surface area (Å²) in [5.74, 6) is 0. The SMILES string of the molecule is Cc1cc(S(=O)(=O)N2CC(N)C2)sc1Cl. The standard InChI is InChI=1S/C8H11ClN2O2S2/c1-5-2-7(14-8(5)9)15(12,13)11-3-6(10)4-11/h2,6H,3-4,10H2,1H3. The van der Waals surface area contributed by atoms with Gasteiger partial charge >= 0.3 is 0 Å². The molecule has 15 heavy (non-hydrogen) atoms. The predicted molar refractivity (Wildman–Crippen MR) is 60.8 cm³/mol. The van der Waals surface area contributed by atoms with E-state index in [9.17, 15) is 8.42 Å². The smallest absolute Gasteiger partial charge is 0.252 e. The summed E-state index contributed by atoms with van der Waals surface area (Å²) in [6.07, 6.45) is 0. The van der Waals surface area contributed by atoms with Gasteiger partial charge in [-0.25, -0.2) is 8.42 Å². The molecule has 2 N–H and O–H groups in total. The molecule has 1 fully saturated rings. The predicted octanol–water partition coefficient (Wildman–Crippen LogP) is 1.04. The van der Waals surface area contributed by atoms with E-state index in [4.69, 9.17) is 17.3 Å². The Labute approximate surface area is 97.7 Å². The van der Waals surface area contributed by atoms with E-state index in [-0.39, 0.29) is 6.04 Å². The minimum atomic E-state index is -3.35. The summed E-state index contributed by atoms with van der Waals surface area (Å²) in [6, 6.07) is 1.57. The fourth-order valence-corrected chi connectivity index (χ4v) is 4.77. The molecule has 0 radical (unpaired) electrons. The van der Waals surface area contributed by atoms with Gasteiger partial charge in [0.15, 0.2) is 0 Å². The molecule has 0 saturated carbocycles. The van der Waals surface area contributed by atoms with E-state index in [1.807, 2.05) is 0 Å². The molecule has 1 aromatic heterocycles. The Morgan fingerprint density at radius 2 is 2.20 bits per heavy atom. The van der Waals surface area contributed by atoms with Crippen LogP contribution in [0.15, 0.2) is 10.3 Å². The first kappa shape index (κ1) is 11.3. The minimum Gasteiger partial charge on any atom is -0.325 e. The summed E-state index contributed by atoms with van der Waals surface area (Å²) in [6.45, 7) is 2.59. The number of hydrogen-bond acceptors (Lipinski definition) is 4. The first-order valence-corrected chi connectivity index (χ1v) is 7.06. The van der Waals surface area contributed by atoms with Crippen LogP contribution in [0.1, 0.15) is 5.56 Å². The molecule has 0 unspecified atom stereocenters. The van der Waals surface area contributed by atoms with Crippen LogP contribution in [0.4, 0.5) is 0 Å². The third-order valence-corrected chi connectivity index (χ3v) is 6.14. The maximum Gasteiger partial charge on any atom is 0.252 e. The molecule has 0 aliphatic carbocycles. The van der Waals surface area contributed by atoms with Crippen LogP contribution in [-0.4, -0.2) is 31.9 Å². The Kier molecular flexibility index (Phi) is 2.81. The van der Waals surface area contributed by atoms with Gasteiger partial charge in [0.05, 0.1) is 4.34 Å². The molecule has 84 valence electrons. The number of thiophene rings is 1. The van der Waals surface area contributed by atoms with Crippen molar-refractivity contribution in [1.82, 2.24) is 4.31 Å². The quantitative estimate of drug-likeness (QED) is 0.870. The third-order valence-electron chi connectivity index (χ3n) is 2.31. The lowest BCUT2D eigenvalue weighted by atomic mass is 10.2. The van der Waals surface area contributed by atoms with Crippen LogP contribution in [-0.2, 0) is 10.0 Å². The highest BCUT2D eigenvalue weighted by atomic mass is 35.5. The van der Waals surface area contributed by atoms with Gasteiger partial charge in [-0.2, -0.15) is 4.31 Å². The van der Waals surface area contributed by atoms with Crippen LogP contribution >= 0.6 is 22.9 Å². The summed E-state index contributed by atoms with van der Waals surface area (Å²) in [4.78, 5) is 0. The highest BCUT2D eigenvalue weighted by molar-refractivity contribution is 7.91. The summed E-state index contributed by atoms with van der Waals surface area (Å²) in [5.41, 5.74) is 6.35. The van der Waals surface area contributed by atoms with Gasteiger partial charge in [-0.1, -0.05) is 11.6 Å². The Morgan fingerprint density at radius 1 is 1.60 bits per heavy atom. The van der Waals surface area contributed by atoms with Crippen molar-refractivity contribution in [3.8, 4) is 0 Å². The number of halogens is 1. The van der Waals surface area contributed by atoms with Crippen LogP contribution in [0, 0.1) is 6.92 Å². The lowest BCUT2D eigenvalue weighted by Crippen LogP contribution is -2.57. The molecule has 0 bridgehead atoms. The molecule has 7 heteroatoms. The zero-order chi connectivity index (χ0) is 11.2. The second-order valence-electron chi connectivity index (χ2n) is 3.60. The molecule has 0 spiro atoms. The van der Waals surface area contributed by atoms with E-state index in [0.717, 1.165) is 16.9 Å². The van der Waals surface area contributed by atoms with E-state index in [2.05, 4.69) is 0 Å². The molecular formula is C8H11ClN2O2S2. The third kappa shape index (κ3) is 1.92. The maximum atomic E-state index is 11.9. The summed E-state index contributed by atoms with van der Waals surface area (Å²) in [5, 5.41) is 0. The number of rotatable bonds is 2. The maximum absolute atomic E-state index is 11.9. The summed E-state index contributed by atoms with van der Waals surface area (Å²) < 4.78 is 26.1. The zero-order valence-corrected chi connectivity index (χ0v) is 10.5. The normalized spacial score (nSPS) is 19.1. The molecule has 1 aromatic rings. The number of nitrogens with zero attached hydrogens (tertiary/aromatic N) is 1. The fraction of sp³-hybridized carbons (Fsp3) is 0.500. The van der Waals surface area contributed by atoms with Gasteiger partial charge < -0.3 is 5.73 Å². The first-order valence-electron chi connectivity index (χ1n) is 4.43. The lowest BCUT2D eigenvalue weighted by molar-refractivity contribution is 0.266. The Morgan fingerprint density at radius 3 is 2.60 bits per heavy atom.